The summed E-state index contributed by atoms with van der Waals surface area (Å²) in [6, 6.07) is 9.97. The third-order valence-electron chi connectivity index (χ3n) is 6.17. The van der Waals surface area contributed by atoms with Crippen LogP contribution in [0.15, 0.2) is 40.8 Å². The Morgan fingerprint density at radius 3 is 2.55 bits per heavy atom. The highest BCUT2D eigenvalue weighted by atomic mass is 16.7. The van der Waals surface area contributed by atoms with E-state index in [1.165, 1.54) is 12.1 Å². The predicted octanol–water partition coefficient (Wildman–Crippen LogP) is 1.70. The van der Waals surface area contributed by atoms with Crippen LogP contribution in [0, 0.1) is 0 Å². The molecule has 176 valence electrons. The number of aliphatic hydroxyl groups excluding tert-OH is 4. The topological polar surface area (TPSA) is 142 Å². The summed E-state index contributed by atoms with van der Waals surface area (Å²) in [7, 11) is 0. The van der Waals surface area contributed by atoms with Gasteiger partial charge in [-0.25, -0.2) is 0 Å². The number of aliphatic hydroxyl groups is 4. The van der Waals surface area contributed by atoms with Crippen molar-refractivity contribution in [3.8, 4) is 28.6 Å². The average molecular weight is 458 g/mol. The lowest BCUT2D eigenvalue weighted by Gasteiger charge is -2.36. The fraction of sp³-hybridized carbons (Fsp3) is 0.417. The molecular formula is C24H26O9. The van der Waals surface area contributed by atoms with Gasteiger partial charge in [-0.05, 0) is 43.7 Å². The fourth-order valence-corrected chi connectivity index (χ4v) is 4.13. The van der Waals surface area contributed by atoms with Gasteiger partial charge in [0, 0.05) is 29.5 Å². The Bertz CT molecular complexity index is 1180. The molecular weight excluding hydrogens is 432 g/mol. The zero-order chi connectivity index (χ0) is 23.5. The first-order valence-electron chi connectivity index (χ1n) is 10.7. The van der Waals surface area contributed by atoms with Crippen molar-refractivity contribution in [2.75, 3.05) is 6.61 Å². The summed E-state index contributed by atoms with van der Waals surface area (Å²) >= 11 is 0. The van der Waals surface area contributed by atoms with E-state index in [2.05, 4.69) is 0 Å². The quantitative estimate of drug-likeness (QED) is 0.396. The summed E-state index contributed by atoms with van der Waals surface area (Å²) in [5.74, 6) is 1.21. The van der Waals surface area contributed by atoms with Crippen LogP contribution in [0.1, 0.15) is 19.4 Å². The van der Waals surface area contributed by atoms with Crippen LogP contribution in [-0.4, -0.2) is 68.4 Å². The van der Waals surface area contributed by atoms with E-state index in [1.807, 2.05) is 26.0 Å². The maximum absolute atomic E-state index is 10.3. The molecule has 0 aliphatic carbocycles. The van der Waals surface area contributed by atoms with Crippen LogP contribution in [0.5, 0.6) is 17.2 Å². The summed E-state index contributed by atoms with van der Waals surface area (Å²) < 4.78 is 22.9. The number of ether oxygens (including phenoxy) is 3. The molecule has 1 aromatic heterocycles. The van der Waals surface area contributed by atoms with Crippen LogP contribution in [0.4, 0.5) is 0 Å². The molecule has 0 spiro atoms. The minimum Gasteiger partial charge on any atom is -0.508 e. The largest absolute Gasteiger partial charge is 0.508 e. The summed E-state index contributed by atoms with van der Waals surface area (Å²) in [6.45, 7) is 3.47. The van der Waals surface area contributed by atoms with Gasteiger partial charge in [0.25, 0.3) is 0 Å². The average Bonchev–Trinajstić information content (AvgIpc) is 3.16. The lowest BCUT2D eigenvalue weighted by atomic mass is 9.90. The Labute approximate surface area is 189 Å². The Morgan fingerprint density at radius 1 is 0.970 bits per heavy atom. The van der Waals surface area contributed by atoms with Gasteiger partial charge in [0.1, 0.15) is 52.5 Å². The molecule has 2 aliphatic heterocycles. The number of hydrogen-bond donors (Lipinski definition) is 5. The Hall–Kier alpha value is -2.82. The molecule has 9 nitrogen and oxygen atoms in total. The summed E-state index contributed by atoms with van der Waals surface area (Å²) in [5, 5.41) is 50.9. The Balaban J connectivity index is 1.45. The molecule has 2 aliphatic rings. The van der Waals surface area contributed by atoms with Gasteiger partial charge in [0.2, 0.25) is 6.29 Å². The Morgan fingerprint density at radius 2 is 1.76 bits per heavy atom. The summed E-state index contributed by atoms with van der Waals surface area (Å²) in [4.78, 5) is 0. The first-order valence-corrected chi connectivity index (χ1v) is 10.7. The molecule has 0 unspecified atom stereocenters. The lowest BCUT2D eigenvalue weighted by molar-refractivity contribution is -0.242. The van der Waals surface area contributed by atoms with Crippen LogP contribution in [0.3, 0.4) is 0 Å². The standard InChI is InChI=1S/C24H26O9/c1-24(2)20(27)7-12-3-11-6-17(32-18(11)9-19(12)33-24)13-4-14(25)8-15(5-13)31-23-22(29)21(28)16(26)10-30-23/h3-6,8-9,16,20-23,25-29H,7,10H2,1-2H3/t16-,20+,21-,22+,23-/m0/s1. The third-order valence-corrected chi connectivity index (χ3v) is 6.17. The van der Waals surface area contributed by atoms with Crippen LogP contribution in [-0.2, 0) is 11.2 Å². The van der Waals surface area contributed by atoms with E-state index in [4.69, 9.17) is 18.6 Å². The van der Waals surface area contributed by atoms with Gasteiger partial charge in [-0.1, -0.05) is 0 Å². The van der Waals surface area contributed by atoms with Crippen LogP contribution in [0.25, 0.3) is 22.3 Å². The van der Waals surface area contributed by atoms with Crippen molar-refractivity contribution in [1.82, 2.24) is 0 Å². The molecule has 5 atom stereocenters. The van der Waals surface area contributed by atoms with E-state index >= 15 is 0 Å². The van der Waals surface area contributed by atoms with E-state index in [0.29, 0.717) is 29.1 Å². The molecule has 5 N–H and O–H groups in total. The zero-order valence-electron chi connectivity index (χ0n) is 18.1. The molecule has 5 rings (SSSR count). The van der Waals surface area contributed by atoms with Crippen molar-refractivity contribution >= 4 is 11.0 Å². The molecule has 33 heavy (non-hydrogen) atoms. The van der Waals surface area contributed by atoms with Gasteiger partial charge in [-0.3, -0.25) is 0 Å². The van der Waals surface area contributed by atoms with Gasteiger partial charge in [0.15, 0.2) is 0 Å². The summed E-state index contributed by atoms with van der Waals surface area (Å²) in [5.41, 5.74) is 1.28. The molecule has 9 heteroatoms. The minimum atomic E-state index is -1.46. The molecule has 1 saturated heterocycles. The van der Waals surface area contributed by atoms with Crippen molar-refractivity contribution in [2.24, 2.45) is 0 Å². The van der Waals surface area contributed by atoms with Crippen LogP contribution in [0.2, 0.25) is 0 Å². The van der Waals surface area contributed by atoms with Gasteiger partial charge < -0.3 is 44.2 Å². The molecule has 0 amide bonds. The van der Waals surface area contributed by atoms with Crippen LogP contribution >= 0.6 is 0 Å². The van der Waals surface area contributed by atoms with Gasteiger partial charge in [-0.15, -0.1) is 0 Å². The Kier molecular flexibility index (Phi) is 5.26. The SMILES string of the molecule is CC1(C)Oc2cc3oc(-c4cc(O)cc(O[C@@H]5OC[C@H](O)[C@H](O)[C@H]5O)c4)cc3cc2C[C@H]1O. The number of furan rings is 1. The molecule has 3 aromatic rings. The first kappa shape index (κ1) is 22.0. The van der Waals surface area contributed by atoms with Gasteiger partial charge >= 0.3 is 0 Å². The number of phenols is 1. The first-order chi connectivity index (χ1) is 15.6. The molecule has 1 fully saturated rings. The van der Waals surface area contributed by atoms with Crippen molar-refractivity contribution in [3.63, 3.8) is 0 Å². The summed E-state index contributed by atoms with van der Waals surface area (Å²) in [6.07, 6.45) is -5.46. The molecule has 3 heterocycles. The van der Waals surface area contributed by atoms with Gasteiger partial charge in [-0.2, -0.15) is 0 Å². The van der Waals surface area contributed by atoms with E-state index < -0.39 is 36.3 Å². The second-order valence-electron chi connectivity index (χ2n) is 9.12. The van der Waals surface area contributed by atoms with E-state index in [-0.39, 0.29) is 18.1 Å². The second-order valence-corrected chi connectivity index (χ2v) is 9.12. The van der Waals surface area contributed by atoms with Crippen LogP contribution < -0.4 is 9.47 Å². The molecule has 0 bridgehead atoms. The molecule has 0 radical (unpaired) electrons. The molecule has 2 aromatic carbocycles. The smallest absolute Gasteiger partial charge is 0.228 e. The van der Waals surface area contributed by atoms with Crippen molar-refractivity contribution in [1.29, 1.82) is 0 Å². The monoisotopic (exact) mass is 458 g/mol. The highest BCUT2D eigenvalue weighted by Gasteiger charge is 2.39. The number of rotatable bonds is 3. The van der Waals surface area contributed by atoms with Crippen molar-refractivity contribution in [2.45, 2.75) is 56.6 Å². The van der Waals surface area contributed by atoms with E-state index in [0.717, 1.165) is 10.9 Å². The normalized spacial score (nSPS) is 28.8. The van der Waals surface area contributed by atoms with Crippen molar-refractivity contribution < 1.29 is 44.2 Å². The van der Waals surface area contributed by atoms with E-state index in [9.17, 15) is 25.5 Å². The van der Waals surface area contributed by atoms with Crippen molar-refractivity contribution in [3.05, 3.63) is 42.0 Å². The van der Waals surface area contributed by atoms with Gasteiger partial charge in [0.05, 0.1) is 12.7 Å². The molecule has 0 saturated carbocycles. The number of benzene rings is 2. The number of hydrogen-bond acceptors (Lipinski definition) is 9. The minimum absolute atomic E-state index is 0.0960. The number of phenolic OH excluding ortho intramolecular Hbond substituents is 1. The maximum atomic E-state index is 10.3. The number of aromatic hydroxyl groups is 1. The predicted molar refractivity (Wildman–Crippen MR) is 116 cm³/mol. The lowest BCUT2D eigenvalue weighted by Crippen LogP contribution is -2.54. The number of fused-ring (bicyclic) bond motifs is 2. The maximum Gasteiger partial charge on any atom is 0.228 e. The highest BCUT2D eigenvalue weighted by molar-refractivity contribution is 5.85. The zero-order valence-corrected chi connectivity index (χ0v) is 18.1. The fourth-order valence-electron chi connectivity index (χ4n) is 4.13. The third kappa shape index (κ3) is 4.03. The second kappa shape index (κ2) is 7.89. The highest BCUT2D eigenvalue weighted by Crippen LogP contribution is 2.39. The van der Waals surface area contributed by atoms with E-state index in [1.54, 1.807) is 12.1 Å².